The molecule has 1 N–H and O–H groups in total. The summed E-state index contributed by atoms with van der Waals surface area (Å²) in [6, 6.07) is 6.67. The lowest BCUT2D eigenvalue weighted by molar-refractivity contribution is 0.194. The Morgan fingerprint density at radius 3 is 2.43 bits per heavy atom. The van der Waals surface area contributed by atoms with Gasteiger partial charge in [0.15, 0.2) is 0 Å². The maximum absolute atomic E-state index is 12.2. The van der Waals surface area contributed by atoms with E-state index in [1.165, 1.54) is 16.8 Å². The molecule has 23 heavy (non-hydrogen) atoms. The first-order chi connectivity index (χ1) is 11.0. The SMILES string of the molecule is Cc1ccc(N2CCN(C(=O)NCCCN(C)C)CC2)cc1C. The Bertz CT molecular complexity index is 522. The first-order valence-electron chi connectivity index (χ1n) is 8.47. The third-order valence-electron chi connectivity index (χ3n) is 4.48. The van der Waals surface area contributed by atoms with Crippen LogP contribution in [0.25, 0.3) is 0 Å². The summed E-state index contributed by atoms with van der Waals surface area (Å²) in [4.78, 5) is 18.6. The van der Waals surface area contributed by atoms with Crippen LogP contribution in [0.5, 0.6) is 0 Å². The van der Waals surface area contributed by atoms with Crippen LogP contribution in [0.2, 0.25) is 0 Å². The van der Waals surface area contributed by atoms with Crippen LogP contribution < -0.4 is 10.2 Å². The van der Waals surface area contributed by atoms with E-state index in [9.17, 15) is 4.79 Å². The number of hydrogen-bond donors (Lipinski definition) is 1. The normalized spacial score (nSPS) is 15.2. The summed E-state index contributed by atoms with van der Waals surface area (Å²) in [7, 11) is 4.10. The van der Waals surface area contributed by atoms with Gasteiger partial charge in [0.05, 0.1) is 0 Å². The minimum atomic E-state index is 0.0727. The van der Waals surface area contributed by atoms with Gasteiger partial charge in [0.1, 0.15) is 0 Å². The van der Waals surface area contributed by atoms with Gasteiger partial charge in [0, 0.05) is 38.4 Å². The summed E-state index contributed by atoms with van der Waals surface area (Å²) >= 11 is 0. The molecule has 5 nitrogen and oxygen atoms in total. The number of carbonyl (C=O) groups excluding carboxylic acids is 1. The Morgan fingerprint density at radius 2 is 1.83 bits per heavy atom. The van der Waals surface area contributed by atoms with Crippen LogP contribution in [-0.2, 0) is 0 Å². The lowest BCUT2D eigenvalue weighted by atomic mass is 10.1. The van der Waals surface area contributed by atoms with Crippen LogP contribution in [0, 0.1) is 13.8 Å². The highest BCUT2D eigenvalue weighted by Gasteiger charge is 2.21. The molecule has 0 bridgehead atoms. The highest BCUT2D eigenvalue weighted by Crippen LogP contribution is 2.20. The molecule has 2 rings (SSSR count). The third kappa shape index (κ3) is 5.13. The van der Waals surface area contributed by atoms with Crippen molar-refractivity contribution in [1.82, 2.24) is 15.1 Å². The minimum Gasteiger partial charge on any atom is -0.368 e. The molecule has 0 aromatic heterocycles. The van der Waals surface area contributed by atoms with Gasteiger partial charge in [-0.1, -0.05) is 6.07 Å². The number of aryl methyl sites for hydroxylation is 2. The monoisotopic (exact) mass is 318 g/mol. The number of piperazine rings is 1. The van der Waals surface area contributed by atoms with Crippen molar-refractivity contribution in [2.24, 2.45) is 0 Å². The van der Waals surface area contributed by atoms with Gasteiger partial charge in [-0.25, -0.2) is 4.79 Å². The maximum atomic E-state index is 12.2. The number of hydrogen-bond acceptors (Lipinski definition) is 3. The van der Waals surface area contributed by atoms with E-state index in [0.717, 1.165) is 45.7 Å². The fourth-order valence-corrected chi connectivity index (χ4v) is 2.79. The summed E-state index contributed by atoms with van der Waals surface area (Å²) in [5.74, 6) is 0. The van der Waals surface area contributed by atoms with E-state index >= 15 is 0 Å². The van der Waals surface area contributed by atoms with Gasteiger partial charge in [0.2, 0.25) is 0 Å². The molecule has 1 aliphatic rings. The number of nitrogens with one attached hydrogen (secondary N) is 1. The summed E-state index contributed by atoms with van der Waals surface area (Å²) < 4.78 is 0. The first kappa shape index (κ1) is 17.6. The average molecular weight is 318 g/mol. The summed E-state index contributed by atoms with van der Waals surface area (Å²) in [5.41, 5.74) is 3.91. The van der Waals surface area contributed by atoms with Gasteiger partial charge >= 0.3 is 6.03 Å². The molecule has 2 amide bonds. The zero-order chi connectivity index (χ0) is 16.8. The number of amides is 2. The molecule has 0 aliphatic carbocycles. The number of carbonyl (C=O) groups is 1. The van der Waals surface area contributed by atoms with E-state index in [-0.39, 0.29) is 6.03 Å². The van der Waals surface area contributed by atoms with Crippen molar-refractivity contribution in [2.75, 3.05) is 58.3 Å². The van der Waals surface area contributed by atoms with Gasteiger partial charge in [-0.2, -0.15) is 0 Å². The van der Waals surface area contributed by atoms with E-state index in [1.807, 2.05) is 19.0 Å². The third-order valence-corrected chi connectivity index (χ3v) is 4.48. The van der Waals surface area contributed by atoms with E-state index in [0.29, 0.717) is 0 Å². The Morgan fingerprint density at radius 1 is 1.13 bits per heavy atom. The van der Waals surface area contributed by atoms with Gasteiger partial charge in [0.25, 0.3) is 0 Å². The van der Waals surface area contributed by atoms with Crippen molar-refractivity contribution in [3.05, 3.63) is 29.3 Å². The van der Waals surface area contributed by atoms with E-state index in [1.54, 1.807) is 0 Å². The highest BCUT2D eigenvalue weighted by molar-refractivity contribution is 5.74. The lowest BCUT2D eigenvalue weighted by Gasteiger charge is -2.36. The van der Waals surface area contributed by atoms with Gasteiger partial charge < -0.3 is 20.0 Å². The first-order valence-corrected chi connectivity index (χ1v) is 8.47. The van der Waals surface area contributed by atoms with E-state index in [4.69, 9.17) is 0 Å². The fraction of sp³-hybridized carbons (Fsp3) is 0.611. The van der Waals surface area contributed by atoms with Crippen LogP contribution in [0.4, 0.5) is 10.5 Å². The van der Waals surface area contributed by atoms with Crippen molar-refractivity contribution in [3.63, 3.8) is 0 Å². The average Bonchev–Trinajstić information content (AvgIpc) is 2.54. The van der Waals surface area contributed by atoms with Gasteiger partial charge in [-0.15, -0.1) is 0 Å². The van der Waals surface area contributed by atoms with Crippen molar-refractivity contribution < 1.29 is 4.79 Å². The lowest BCUT2D eigenvalue weighted by Crippen LogP contribution is -2.52. The van der Waals surface area contributed by atoms with E-state index < -0.39 is 0 Å². The van der Waals surface area contributed by atoms with Crippen LogP contribution >= 0.6 is 0 Å². The smallest absolute Gasteiger partial charge is 0.317 e. The second-order valence-electron chi connectivity index (χ2n) is 6.63. The van der Waals surface area contributed by atoms with Crippen molar-refractivity contribution in [2.45, 2.75) is 20.3 Å². The molecule has 1 aromatic rings. The quantitative estimate of drug-likeness (QED) is 0.845. The second-order valence-corrected chi connectivity index (χ2v) is 6.63. The van der Waals surface area contributed by atoms with Crippen molar-refractivity contribution in [3.8, 4) is 0 Å². The molecule has 1 fully saturated rings. The highest BCUT2D eigenvalue weighted by atomic mass is 16.2. The number of nitrogens with zero attached hydrogens (tertiary/aromatic N) is 3. The summed E-state index contributed by atoms with van der Waals surface area (Å²) in [5, 5.41) is 3.02. The summed E-state index contributed by atoms with van der Waals surface area (Å²) in [6.45, 7) is 9.39. The molecule has 1 saturated heterocycles. The van der Waals surface area contributed by atoms with Crippen LogP contribution in [0.15, 0.2) is 18.2 Å². The fourth-order valence-electron chi connectivity index (χ4n) is 2.79. The molecule has 0 unspecified atom stereocenters. The maximum Gasteiger partial charge on any atom is 0.317 e. The molecule has 1 heterocycles. The van der Waals surface area contributed by atoms with Crippen LogP contribution in [0.1, 0.15) is 17.5 Å². The standard InChI is InChI=1S/C18H30N4O/c1-15-6-7-17(14-16(15)2)21-10-12-22(13-11-21)18(23)19-8-5-9-20(3)4/h6-7,14H,5,8-13H2,1-4H3,(H,19,23). The molecular formula is C18H30N4O. The number of rotatable bonds is 5. The molecule has 0 spiro atoms. The predicted molar refractivity (Wildman–Crippen MR) is 96.3 cm³/mol. The number of benzene rings is 1. The predicted octanol–water partition coefficient (Wildman–Crippen LogP) is 2.09. The minimum absolute atomic E-state index is 0.0727. The van der Waals surface area contributed by atoms with Crippen molar-refractivity contribution >= 4 is 11.7 Å². The molecule has 128 valence electrons. The Hall–Kier alpha value is -1.75. The zero-order valence-corrected chi connectivity index (χ0v) is 14.9. The largest absolute Gasteiger partial charge is 0.368 e. The zero-order valence-electron chi connectivity index (χ0n) is 14.9. The number of urea groups is 1. The molecule has 0 radical (unpaired) electrons. The Kier molecular flexibility index (Phi) is 6.28. The topological polar surface area (TPSA) is 38.8 Å². The molecule has 0 saturated carbocycles. The van der Waals surface area contributed by atoms with Crippen LogP contribution in [0.3, 0.4) is 0 Å². The molecular weight excluding hydrogens is 288 g/mol. The molecule has 0 atom stereocenters. The van der Waals surface area contributed by atoms with Crippen molar-refractivity contribution in [1.29, 1.82) is 0 Å². The molecule has 1 aromatic carbocycles. The van der Waals surface area contributed by atoms with Gasteiger partial charge in [-0.05, 0) is 64.2 Å². The Labute approximate surface area is 140 Å². The number of anilines is 1. The van der Waals surface area contributed by atoms with E-state index in [2.05, 4.69) is 47.2 Å². The molecule has 1 aliphatic heterocycles. The summed E-state index contributed by atoms with van der Waals surface area (Å²) in [6.07, 6.45) is 0.987. The Balaban J connectivity index is 1.76. The van der Waals surface area contributed by atoms with Gasteiger partial charge in [-0.3, -0.25) is 0 Å². The second kappa shape index (κ2) is 8.20. The van der Waals surface area contributed by atoms with Crippen LogP contribution in [-0.4, -0.2) is 69.2 Å². The molecule has 5 heteroatoms.